The Hall–Kier alpha value is -4.43. The molecule has 0 radical (unpaired) electrons. The number of nitrogens with one attached hydrogen (secondary N) is 2. The SMILES string of the molecule is CC(NC(=O)c1c(C(F)(F)F)nn2c1N(Cc1cccc(C(F)(F)F)c1)CC2)c1ccc(-c2nn[nH]n2)cc1. The van der Waals surface area contributed by atoms with E-state index in [1.54, 1.807) is 31.2 Å². The number of halogens is 6. The van der Waals surface area contributed by atoms with Crippen LogP contribution in [0.3, 0.4) is 0 Å². The molecule has 15 heteroatoms. The van der Waals surface area contributed by atoms with Crippen molar-refractivity contribution in [2.75, 3.05) is 11.4 Å². The summed E-state index contributed by atoms with van der Waals surface area (Å²) in [7, 11) is 0. The molecule has 1 atom stereocenters. The van der Waals surface area contributed by atoms with Crippen molar-refractivity contribution in [2.24, 2.45) is 0 Å². The van der Waals surface area contributed by atoms with Gasteiger partial charge in [-0.2, -0.15) is 36.7 Å². The maximum Gasteiger partial charge on any atom is 0.436 e. The Bertz CT molecular complexity index is 1480. The Kier molecular flexibility index (Phi) is 6.52. The predicted octanol–water partition coefficient (Wildman–Crippen LogP) is 4.61. The Morgan fingerprint density at radius 1 is 1.05 bits per heavy atom. The van der Waals surface area contributed by atoms with Crippen LogP contribution < -0.4 is 10.2 Å². The number of anilines is 1. The largest absolute Gasteiger partial charge is 0.436 e. The number of nitrogens with zero attached hydrogens (tertiary/aromatic N) is 6. The van der Waals surface area contributed by atoms with Gasteiger partial charge in [-0.1, -0.05) is 36.4 Å². The van der Waals surface area contributed by atoms with Crippen LogP contribution in [0.15, 0.2) is 48.5 Å². The highest BCUT2D eigenvalue weighted by molar-refractivity contribution is 6.01. The number of amides is 1. The van der Waals surface area contributed by atoms with Crippen LogP contribution in [-0.4, -0.2) is 42.9 Å². The van der Waals surface area contributed by atoms with Crippen LogP contribution in [0.25, 0.3) is 11.4 Å². The van der Waals surface area contributed by atoms with Gasteiger partial charge in [0, 0.05) is 18.7 Å². The molecule has 0 bridgehead atoms. The zero-order valence-corrected chi connectivity index (χ0v) is 20.2. The van der Waals surface area contributed by atoms with E-state index in [1.807, 2.05) is 0 Å². The molecule has 1 amide bonds. The molecule has 2 aromatic heterocycles. The van der Waals surface area contributed by atoms with E-state index in [1.165, 1.54) is 17.0 Å². The average Bonchev–Trinajstić information content (AvgIpc) is 3.62. The highest BCUT2D eigenvalue weighted by Crippen LogP contribution is 2.39. The quantitative estimate of drug-likeness (QED) is 0.340. The van der Waals surface area contributed by atoms with E-state index >= 15 is 0 Å². The molecule has 0 fully saturated rings. The predicted molar refractivity (Wildman–Crippen MR) is 125 cm³/mol. The van der Waals surface area contributed by atoms with Crippen LogP contribution in [0.1, 0.15) is 45.7 Å². The Balaban J connectivity index is 1.42. The number of alkyl halides is 6. The van der Waals surface area contributed by atoms with E-state index in [0.717, 1.165) is 16.8 Å². The summed E-state index contributed by atoms with van der Waals surface area (Å²) in [6.07, 6.45) is -9.50. The Morgan fingerprint density at radius 2 is 1.79 bits per heavy atom. The summed E-state index contributed by atoms with van der Waals surface area (Å²) in [5.41, 5.74) is -1.43. The fraction of sp³-hybridized carbons (Fsp3) is 0.292. The number of hydrogen-bond acceptors (Lipinski definition) is 6. The molecule has 0 saturated heterocycles. The monoisotopic (exact) mass is 550 g/mol. The number of tetrazole rings is 1. The van der Waals surface area contributed by atoms with E-state index in [2.05, 4.69) is 31.0 Å². The molecule has 9 nitrogen and oxygen atoms in total. The smallest absolute Gasteiger partial charge is 0.350 e. The van der Waals surface area contributed by atoms with Crippen molar-refractivity contribution in [1.82, 2.24) is 35.7 Å². The summed E-state index contributed by atoms with van der Waals surface area (Å²) < 4.78 is 82.3. The van der Waals surface area contributed by atoms with Crippen molar-refractivity contribution in [1.29, 1.82) is 0 Å². The van der Waals surface area contributed by atoms with Crippen LogP contribution in [0.2, 0.25) is 0 Å². The van der Waals surface area contributed by atoms with Crippen LogP contribution in [0.4, 0.5) is 32.2 Å². The first-order valence-corrected chi connectivity index (χ1v) is 11.7. The highest BCUT2D eigenvalue weighted by Gasteiger charge is 2.44. The lowest BCUT2D eigenvalue weighted by Crippen LogP contribution is -2.31. The maximum absolute atomic E-state index is 13.9. The standard InChI is InChI=1S/C24H20F6N8O/c1-13(15-5-7-16(8-6-15)20-32-35-36-33-20)31-21(39)18-19(24(28,29)30)34-38-10-9-37(22(18)38)12-14-3-2-4-17(11-14)23(25,26)27/h2-8,11,13H,9-10,12H2,1H3,(H,31,39)(H,32,33,35,36). The summed E-state index contributed by atoms with van der Waals surface area (Å²) in [4.78, 5) is 14.7. The number of hydrogen-bond donors (Lipinski definition) is 2. The van der Waals surface area contributed by atoms with Gasteiger partial charge in [-0.25, -0.2) is 4.68 Å². The molecule has 2 N–H and O–H groups in total. The zero-order chi connectivity index (χ0) is 27.9. The Morgan fingerprint density at radius 3 is 2.44 bits per heavy atom. The third-order valence-corrected chi connectivity index (χ3v) is 6.29. The third-order valence-electron chi connectivity index (χ3n) is 6.29. The molecule has 0 spiro atoms. The van der Waals surface area contributed by atoms with Crippen molar-refractivity contribution in [3.05, 3.63) is 76.5 Å². The molecular weight excluding hydrogens is 530 g/mol. The molecule has 2 aromatic carbocycles. The number of H-pyrrole nitrogens is 1. The molecule has 39 heavy (non-hydrogen) atoms. The molecule has 3 heterocycles. The minimum atomic E-state index is -4.93. The van der Waals surface area contributed by atoms with Crippen LogP contribution in [0.5, 0.6) is 0 Å². The fourth-order valence-corrected chi connectivity index (χ4v) is 4.44. The van der Waals surface area contributed by atoms with Crippen molar-refractivity contribution in [3.8, 4) is 11.4 Å². The van der Waals surface area contributed by atoms with E-state index in [4.69, 9.17) is 0 Å². The van der Waals surface area contributed by atoms with Gasteiger partial charge in [0.05, 0.1) is 18.2 Å². The number of carbonyl (C=O) groups excluding carboxylic acids is 1. The normalized spacial score (nSPS) is 14.4. The van der Waals surface area contributed by atoms with Gasteiger partial charge in [-0.15, -0.1) is 10.2 Å². The van der Waals surface area contributed by atoms with Crippen molar-refractivity contribution < 1.29 is 31.1 Å². The number of carbonyl (C=O) groups is 1. The summed E-state index contributed by atoms with van der Waals surface area (Å²) in [6, 6.07) is 10.5. The molecular formula is C24H20F6N8O. The van der Waals surface area contributed by atoms with Crippen molar-refractivity contribution >= 4 is 11.7 Å². The topological polar surface area (TPSA) is 105 Å². The Labute approximate surface area is 216 Å². The number of benzene rings is 2. The first-order valence-electron chi connectivity index (χ1n) is 11.7. The van der Waals surface area contributed by atoms with Gasteiger partial charge in [-0.3, -0.25) is 4.79 Å². The molecule has 0 aliphatic carbocycles. The number of fused-ring (bicyclic) bond motifs is 1. The maximum atomic E-state index is 13.9. The summed E-state index contributed by atoms with van der Waals surface area (Å²) in [5, 5.41) is 19.8. The molecule has 1 aliphatic heterocycles. The van der Waals surface area contributed by atoms with Gasteiger partial charge >= 0.3 is 12.4 Å². The minimum Gasteiger partial charge on any atom is -0.350 e. The minimum absolute atomic E-state index is 0.0394. The van der Waals surface area contributed by atoms with Crippen molar-refractivity contribution in [2.45, 2.75) is 38.4 Å². The van der Waals surface area contributed by atoms with E-state index in [9.17, 15) is 31.1 Å². The van der Waals surface area contributed by atoms with Crippen molar-refractivity contribution in [3.63, 3.8) is 0 Å². The highest BCUT2D eigenvalue weighted by atomic mass is 19.4. The second-order valence-corrected chi connectivity index (χ2v) is 8.94. The molecule has 204 valence electrons. The van der Waals surface area contributed by atoms with Crippen LogP contribution in [0, 0.1) is 0 Å². The third kappa shape index (κ3) is 5.28. The lowest BCUT2D eigenvalue weighted by molar-refractivity contribution is -0.142. The molecule has 5 rings (SSSR count). The molecule has 0 saturated carbocycles. The molecule has 1 aliphatic rings. The van der Waals surface area contributed by atoms with Gasteiger partial charge < -0.3 is 10.2 Å². The van der Waals surface area contributed by atoms with Gasteiger partial charge in [-0.05, 0) is 35.4 Å². The molecule has 1 unspecified atom stereocenters. The summed E-state index contributed by atoms with van der Waals surface area (Å²) in [6.45, 7) is 1.68. The lowest BCUT2D eigenvalue weighted by Gasteiger charge is -2.21. The lowest BCUT2D eigenvalue weighted by atomic mass is 10.0. The first kappa shape index (κ1) is 26.2. The van der Waals surface area contributed by atoms with E-state index < -0.39 is 41.1 Å². The summed E-state index contributed by atoms with van der Waals surface area (Å²) >= 11 is 0. The second-order valence-electron chi connectivity index (χ2n) is 8.94. The van der Waals surface area contributed by atoms with E-state index in [0.29, 0.717) is 17.0 Å². The number of rotatable bonds is 6. The summed E-state index contributed by atoms with van der Waals surface area (Å²) in [5.74, 6) is -0.754. The van der Waals surface area contributed by atoms with Gasteiger partial charge in [0.25, 0.3) is 5.91 Å². The number of aromatic amines is 1. The molecule has 4 aromatic rings. The zero-order valence-electron chi connectivity index (χ0n) is 20.2. The van der Waals surface area contributed by atoms with Gasteiger partial charge in [0.2, 0.25) is 5.82 Å². The van der Waals surface area contributed by atoms with E-state index in [-0.39, 0.29) is 31.0 Å². The number of aromatic nitrogens is 6. The average molecular weight is 550 g/mol. The van der Waals surface area contributed by atoms with Gasteiger partial charge in [0.15, 0.2) is 5.69 Å². The second kappa shape index (κ2) is 9.71. The van der Waals surface area contributed by atoms with Crippen LogP contribution in [-0.2, 0) is 25.4 Å². The first-order chi connectivity index (χ1) is 18.4. The van der Waals surface area contributed by atoms with Gasteiger partial charge in [0.1, 0.15) is 11.4 Å². The van der Waals surface area contributed by atoms with Crippen LogP contribution >= 0.6 is 0 Å². The fourth-order valence-electron chi connectivity index (χ4n) is 4.44.